The number of aryl methyl sites for hydroxylation is 3. The van der Waals surface area contributed by atoms with Crippen LogP contribution in [-0.2, 0) is 0 Å². The molecule has 230 valence electrons. The van der Waals surface area contributed by atoms with Gasteiger partial charge >= 0.3 is 6.85 Å². The number of hydrogen-bond acceptors (Lipinski definition) is 2. The predicted molar refractivity (Wildman–Crippen MR) is 207 cm³/mol. The Morgan fingerprint density at radius 1 is 0.592 bits per heavy atom. The van der Waals surface area contributed by atoms with Crippen molar-refractivity contribution in [2.24, 2.45) is 0 Å². The summed E-state index contributed by atoms with van der Waals surface area (Å²) in [6.07, 6.45) is 0. The van der Waals surface area contributed by atoms with Crippen LogP contribution in [0.2, 0.25) is 0 Å². The first-order valence-electron chi connectivity index (χ1n) is 17.1. The van der Waals surface area contributed by atoms with Gasteiger partial charge < -0.3 is 13.8 Å². The normalized spacial score (nSPS) is 13.1. The second kappa shape index (κ2) is 9.55. The van der Waals surface area contributed by atoms with Crippen molar-refractivity contribution in [3.63, 3.8) is 0 Å². The Morgan fingerprint density at radius 2 is 1.35 bits per heavy atom. The highest BCUT2D eigenvalue weighted by Crippen LogP contribution is 2.49. The van der Waals surface area contributed by atoms with E-state index in [2.05, 4.69) is 164 Å². The Labute approximate surface area is 284 Å². The molecule has 2 aliphatic rings. The van der Waals surface area contributed by atoms with Gasteiger partial charge in [0.2, 0.25) is 0 Å². The lowest BCUT2D eigenvalue weighted by Gasteiger charge is -2.40. The number of fused-ring (bicyclic) bond motifs is 11. The van der Waals surface area contributed by atoms with Crippen LogP contribution < -0.4 is 15.8 Å². The zero-order valence-corrected chi connectivity index (χ0v) is 27.6. The van der Waals surface area contributed by atoms with Crippen molar-refractivity contribution < 1.29 is 4.42 Å². The number of hydrogen-bond donors (Lipinski definition) is 0. The molecule has 11 rings (SSSR count). The topological polar surface area (TPSA) is 21.3 Å². The lowest BCUT2D eigenvalue weighted by Crippen LogP contribution is -2.56. The fourth-order valence-corrected chi connectivity index (χ4v) is 9.27. The van der Waals surface area contributed by atoms with E-state index in [-0.39, 0.29) is 6.85 Å². The fraction of sp³-hybridized carbons (Fsp3) is 0.0667. The summed E-state index contributed by atoms with van der Waals surface area (Å²) in [5.41, 5.74) is 19.5. The third-order valence-electron chi connectivity index (χ3n) is 11.0. The van der Waals surface area contributed by atoms with Crippen LogP contribution in [0.25, 0.3) is 66.0 Å². The monoisotopic (exact) mass is 626 g/mol. The van der Waals surface area contributed by atoms with Gasteiger partial charge in [-0.05, 0) is 102 Å². The van der Waals surface area contributed by atoms with Crippen LogP contribution in [0.3, 0.4) is 0 Å². The number of furan rings is 1. The molecule has 0 bridgehead atoms. The molecule has 4 heteroatoms. The van der Waals surface area contributed by atoms with E-state index >= 15 is 0 Å². The lowest BCUT2D eigenvalue weighted by molar-refractivity contribution is 0.669. The van der Waals surface area contributed by atoms with E-state index in [0.717, 1.165) is 33.3 Å². The van der Waals surface area contributed by atoms with Crippen molar-refractivity contribution in [1.29, 1.82) is 0 Å². The average molecular weight is 627 g/mol. The van der Waals surface area contributed by atoms with Crippen LogP contribution in [0.5, 0.6) is 0 Å². The first kappa shape index (κ1) is 27.0. The molecule has 0 amide bonds. The molecule has 0 radical (unpaired) electrons. The number of aromatic nitrogens is 1. The summed E-state index contributed by atoms with van der Waals surface area (Å²) in [7, 11) is 0. The molecule has 0 N–H and O–H groups in total. The number of anilines is 3. The third-order valence-corrected chi connectivity index (χ3v) is 11.0. The minimum Gasteiger partial charge on any atom is -0.454 e. The Morgan fingerprint density at radius 3 is 2.20 bits per heavy atom. The lowest BCUT2D eigenvalue weighted by atomic mass is 9.45. The zero-order chi connectivity index (χ0) is 32.5. The van der Waals surface area contributed by atoms with Gasteiger partial charge in [0, 0.05) is 49.5 Å². The van der Waals surface area contributed by atoms with Crippen molar-refractivity contribution >= 4 is 78.6 Å². The molecule has 9 aromatic rings. The molecular formula is C45H31BN2O. The van der Waals surface area contributed by atoms with Gasteiger partial charge in [-0.3, -0.25) is 0 Å². The molecule has 0 fully saturated rings. The van der Waals surface area contributed by atoms with E-state index in [1.165, 1.54) is 77.4 Å². The van der Waals surface area contributed by atoms with Crippen molar-refractivity contribution in [2.75, 3.05) is 4.90 Å². The highest BCUT2D eigenvalue weighted by Gasteiger charge is 2.44. The summed E-state index contributed by atoms with van der Waals surface area (Å²) >= 11 is 0. The molecule has 7 aromatic carbocycles. The molecule has 0 saturated carbocycles. The summed E-state index contributed by atoms with van der Waals surface area (Å²) in [5.74, 6) is 0. The smallest absolute Gasteiger partial charge is 0.333 e. The van der Waals surface area contributed by atoms with Gasteiger partial charge in [-0.25, -0.2) is 0 Å². The van der Waals surface area contributed by atoms with Gasteiger partial charge in [-0.2, -0.15) is 0 Å². The SMILES string of the molecule is Cc1cc(C)c(-c2ccc3c(c2)c2cccc4c2n3B2c3ccccc3N(c3ccccc3)c3c2c-4cc2c3oc3ccccc32)c(C)c1. The van der Waals surface area contributed by atoms with E-state index in [1.807, 2.05) is 0 Å². The maximum absolute atomic E-state index is 6.86. The van der Waals surface area contributed by atoms with Gasteiger partial charge in [-0.15, -0.1) is 0 Å². The van der Waals surface area contributed by atoms with Crippen LogP contribution >= 0.6 is 0 Å². The molecule has 3 nitrogen and oxygen atoms in total. The van der Waals surface area contributed by atoms with Crippen molar-refractivity contribution in [3.05, 3.63) is 150 Å². The Bertz CT molecular complexity index is 2850. The molecule has 2 aliphatic heterocycles. The zero-order valence-electron chi connectivity index (χ0n) is 27.6. The first-order valence-corrected chi connectivity index (χ1v) is 17.1. The Kier molecular flexibility index (Phi) is 5.26. The quantitative estimate of drug-likeness (QED) is 0.178. The first-order chi connectivity index (χ1) is 24.1. The summed E-state index contributed by atoms with van der Waals surface area (Å²) in [4.78, 5) is 2.44. The van der Waals surface area contributed by atoms with Gasteiger partial charge in [0.05, 0.1) is 5.69 Å². The molecule has 49 heavy (non-hydrogen) atoms. The van der Waals surface area contributed by atoms with Crippen LogP contribution in [0.1, 0.15) is 16.7 Å². The van der Waals surface area contributed by atoms with E-state index < -0.39 is 0 Å². The largest absolute Gasteiger partial charge is 0.454 e. The second-order valence-electron chi connectivity index (χ2n) is 13.9. The molecule has 0 unspecified atom stereocenters. The predicted octanol–water partition coefficient (Wildman–Crippen LogP) is 10.7. The van der Waals surface area contributed by atoms with E-state index in [1.54, 1.807) is 0 Å². The van der Waals surface area contributed by atoms with Gasteiger partial charge in [0.15, 0.2) is 5.58 Å². The van der Waals surface area contributed by atoms with Gasteiger partial charge in [0.1, 0.15) is 5.58 Å². The molecular weight excluding hydrogens is 595 g/mol. The van der Waals surface area contributed by atoms with E-state index in [9.17, 15) is 0 Å². The van der Waals surface area contributed by atoms with Crippen LogP contribution in [0.4, 0.5) is 17.1 Å². The minimum atomic E-state index is -0.0256. The van der Waals surface area contributed by atoms with Gasteiger partial charge in [0.25, 0.3) is 0 Å². The molecule has 2 aromatic heterocycles. The molecule has 0 atom stereocenters. The maximum Gasteiger partial charge on any atom is 0.333 e. The summed E-state index contributed by atoms with van der Waals surface area (Å²) in [6, 6.07) is 49.2. The highest BCUT2D eigenvalue weighted by molar-refractivity contribution is 6.90. The fourth-order valence-electron chi connectivity index (χ4n) is 9.27. The number of nitrogens with zero attached hydrogens (tertiary/aromatic N) is 2. The summed E-state index contributed by atoms with van der Waals surface area (Å²) in [5, 5.41) is 4.88. The standard InChI is InChI=1S/C45H31BN2O/c1-26-22-27(2)41(28(3)23-26)29-20-21-38-34(24-29)32-15-11-16-33-35-25-36-31-14-7-10-19-40(31)49-45(36)44-42(35)46(48(38)43(32)33)37-17-8-9-18-39(37)47(44)30-12-5-4-6-13-30/h4-25H,1-3H3. The molecule has 0 spiro atoms. The molecule has 4 heterocycles. The van der Waals surface area contributed by atoms with Crippen LogP contribution in [0.15, 0.2) is 138 Å². The Hall–Kier alpha value is -6.00. The van der Waals surface area contributed by atoms with E-state index in [4.69, 9.17) is 4.42 Å². The minimum absolute atomic E-state index is 0.0256. The Balaban J connectivity index is 1.31. The van der Waals surface area contributed by atoms with Crippen LogP contribution in [-0.4, -0.2) is 11.3 Å². The molecule has 0 saturated heterocycles. The number of benzene rings is 7. The summed E-state index contributed by atoms with van der Waals surface area (Å²) < 4.78 is 9.49. The third kappa shape index (κ3) is 3.48. The highest BCUT2D eigenvalue weighted by atomic mass is 16.3. The number of para-hydroxylation sites is 4. The second-order valence-corrected chi connectivity index (χ2v) is 13.9. The van der Waals surface area contributed by atoms with Crippen molar-refractivity contribution in [3.8, 4) is 22.3 Å². The average Bonchev–Trinajstić information content (AvgIpc) is 3.66. The van der Waals surface area contributed by atoms with Gasteiger partial charge in [-0.1, -0.05) is 96.6 Å². The van der Waals surface area contributed by atoms with Crippen molar-refractivity contribution in [2.45, 2.75) is 20.8 Å². The number of rotatable bonds is 2. The van der Waals surface area contributed by atoms with E-state index in [0.29, 0.717) is 0 Å². The van der Waals surface area contributed by atoms with Crippen LogP contribution in [0, 0.1) is 20.8 Å². The summed E-state index contributed by atoms with van der Waals surface area (Å²) in [6.45, 7) is 6.64. The maximum atomic E-state index is 6.86. The molecule has 0 aliphatic carbocycles. The van der Waals surface area contributed by atoms with Crippen molar-refractivity contribution in [1.82, 2.24) is 4.48 Å².